The van der Waals surface area contributed by atoms with Crippen molar-refractivity contribution >= 4 is 17.5 Å². The third kappa shape index (κ3) is 5.44. The first-order valence-electron chi connectivity index (χ1n) is 8.87. The summed E-state index contributed by atoms with van der Waals surface area (Å²) in [6.07, 6.45) is 0.566. The van der Waals surface area contributed by atoms with Gasteiger partial charge in [-0.1, -0.05) is 54.1 Å². The zero-order valence-corrected chi connectivity index (χ0v) is 15.8. The molecule has 1 heterocycles. The molecule has 1 aromatic heterocycles. The van der Waals surface area contributed by atoms with Gasteiger partial charge < -0.3 is 15.4 Å². The summed E-state index contributed by atoms with van der Waals surface area (Å²) in [7, 11) is 0. The van der Waals surface area contributed by atoms with E-state index in [2.05, 4.69) is 15.3 Å². The Bertz CT molecular complexity index is 1010. The molecule has 2 aromatic carbocycles. The molecule has 0 fully saturated rings. The van der Waals surface area contributed by atoms with E-state index in [9.17, 15) is 14.7 Å². The molecule has 1 atom stereocenters. The number of carbonyl (C=O) groups is 1. The monoisotopic (exact) mass is 397 g/mol. The number of halogens is 1. The van der Waals surface area contributed by atoms with Gasteiger partial charge in [0.15, 0.2) is 0 Å². The highest BCUT2D eigenvalue weighted by molar-refractivity contribution is 6.30. The van der Waals surface area contributed by atoms with Gasteiger partial charge in [0, 0.05) is 30.3 Å². The van der Waals surface area contributed by atoms with Crippen molar-refractivity contribution in [2.75, 3.05) is 6.54 Å². The van der Waals surface area contributed by atoms with Gasteiger partial charge in [0.2, 0.25) is 11.8 Å². The van der Waals surface area contributed by atoms with E-state index in [0.717, 1.165) is 17.2 Å². The van der Waals surface area contributed by atoms with Crippen LogP contribution in [0.15, 0.2) is 65.5 Å². The zero-order chi connectivity index (χ0) is 19.9. The molecule has 3 aromatic rings. The molecule has 6 nitrogen and oxygen atoms in total. The highest BCUT2D eigenvalue weighted by Gasteiger charge is 2.18. The van der Waals surface area contributed by atoms with Crippen LogP contribution in [0.2, 0.25) is 5.02 Å². The molecular weight excluding hydrogens is 378 g/mol. The van der Waals surface area contributed by atoms with Crippen LogP contribution in [-0.4, -0.2) is 27.5 Å². The van der Waals surface area contributed by atoms with Crippen LogP contribution in [0, 0.1) is 0 Å². The van der Waals surface area contributed by atoms with Gasteiger partial charge in [0.1, 0.15) is 5.82 Å². The lowest BCUT2D eigenvalue weighted by Gasteiger charge is -2.18. The lowest BCUT2D eigenvalue weighted by Crippen LogP contribution is -2.28. The molecule has 0 aliphatic heterocycles. The molecule has 3 N–H and O–H groups in total. The Morgan fingerprint density at radius 1 is 1.11 bits per heavy atom. The number of H-pyrrole nitrogens is 1. The number of rotatable bonds is 7. The summed E-state index contributed by atoms with van der Waals surface area (Å²) < 4.78 is 0. The van der Waals surface area contributed by atoms with E-state index in [4.69, 9.17) is 11.6 Å². The second kappa shape index (κ2) is 9.19. The van der Waals surface area contributed by atoms with E-state index in [1.54, 1.807) is 6.07 Å². The smallest absolute Gasteiger partial charge is 0.254 e. The third-order valence-corrected chi connectivity index (χ3v) is 4.54. The summed E-state index contributed by atoms with van der Waals surface area (Å²) in [6.45, 7) is 0.294. The van der Waals surface area contributed by atoms with Crippen LogP contribution in [0.5, 0.6) is 5.88 Å². The minimum absolute atomic E-state index is 0.126. The summed E-state index contributed by atoms with van der Waals surface area (Å²) in [4.78, 5) is 30.2. The number of hydrogen-bond acceptors (Lipinski definition) is 4. The first kappa shape index (κ1) is 19.6. The number of aromatic nitrogens is 2. The lowest BCUT2D eigenvalue weighted by molar-refractivity contribution is -0.121. The van der Waals surface area contributed by atoms with Gasteiger partial charge in [0.05, 0.1) is 6.07 Å². The molecule has 0 spiro atoms. The minimum Gasteiger partial charge on any atom is -0.493 e. The van der Waals surface area contributed by atoms with Crippen molar-refractivity contribution in [1.82, 2.24) is 15.3 Å². The molecule has 0 aliphatic carbocycles. The Morgan fingerprint density at radius 3 is 2.57 bits per heavy atom. The summed E-state index contributed by atoms with van der Waals surface area (Å²) in [6, 6.07) is 18.3. The Labute approximate surface area is 167 Å². The van der Waals surface area contributed by atoms with Crippen LogP contribution >= 0.6 is 11.6 Å². The largest absolute Gasteiger partial charge is 0.493 e. The number of aromatic amines is 1. The van der Waals surface area contributed by atoms with Crippen LogP contribution < -0.4 is 10.9 Å². The predicted molar refractivity (Wildman–Crippen MR) is 108 cm³/mol. The molecule has 3 rings (SSSR count). The Morgan fingerprint density at radius 2 is 1.86 bits per heavy atom. The standard InChI is InChI=1S/C21H20ClN3O3/c22-16-8-4-7-15(11-16)17(14-5-2-1-3-6-14)12-19(26)23-10-9-18-24-20(27)13-21(28)25-18/h1-8,11,13,17H,9-10,12H2,(H,23,26)(H2,24,25,27,28)/t17-/m0/s1. The van der Waals surface area contributed by atoms with Gasteiger partial charge in [0.25, 0.3) is 5.56 Å². The number of hydrogen-bond donors (Lipinski definition) is 3. The van der Waals surface area contributed by atoms with Crippen molar-refractivity contribution in [3.8, 4) is 5.88 Å². The Hall–Kier alpha value is -3.12. The number of benzene rings is 2. The average molecular weight is 398 g/mol. The molecule has 0 saturated carbocycles. The van der Waals surface area contributed by atoms with Crippen LogP contribution in [-0.2, 0) is 11.2 Å². The van der Waals surface area contributed by atoms with Gasteiger partial charge >= 0.3 is 0 Å². The van der Waals surface area contributed by atoms with E-state index in [-0.39, 0.29) is 24.1 Å². The SMILES string of the molecule is O=C(C[C@@H](c1ccccc1)c1cccc(Cl)c1)NCCc1nc(O)cc(=O)[nH]1. The van der Waals surface area contributed by atoms with Crippen LogP contribution in [0.3, 0.4) is 0 Å². The van der Waals surface area contributed by atoms with Crippen molar-refractivity contribution in [3.05, 3.63) is 93.0 Å². The van der Waals surface area contributed by atoms with E-state index in [1.807, 2.05) is 48.5 Å². The Kier molecular flexibility index (Phi) is 6.45. The van der Waals surface area contributed by atoms with E-state index in [1.165, 1.54) is 0 Å². The van der Waals surface area contributed by atoms with E-state index >= 15 is 0 Å². The van der Waals surface area contributed by atoms with Crippen molar-refractivity contribution < 1.29 is 9.90 Å². The third-order valence-electron chi connectivity index (χ3n) is 4.30. The molecule has 0 aliphatic rings. The summed E-state index contributed by atoms with van der Waals surface area (Å²) in [5, 5.41) is 12.8. The number of nitrogens with zero attached hydrogens (tertiary/aromatic N) is 1. The fourth-order valence-corrected chi connectivity index (χ4v) is 3.23. The molecule has 0 saturated heterocycles. The first-order chi connectivity index (χ1) is 13.5. The van der Waals surface area contributed by atoms with Gasteiger partial charge in [-0.25, -0.2) is 4.98 Å². The molecule has 0 unspecified atom stereocenters. The number of aromatic hydroxyl groups is 1. The van der Waals surface area contributed by atoms with Gasteiger partial charge in [-0.05, 0) is 23.3 Å². The predicted octanol–water partition coefficient (Wildman–Crippen LogP) is 3.01. The van der Waals surface area contributed by atoms with Crippen molar-refractivity contribution in [2.45, 2.75) is 18.8 Å². The molecule has 28 heavy (non-hydrogen) atoms. The van der Waals surface area contributed by atoms with Crippen LogP contribution in [0.1, 0.15) is 29.3 Å². The number of amides is 1. The number of nitrogens with one attached hydrogen (secondary N) is 2. The van der Waals surface area contributed by atoms with E-state index < -0.39 is 5.56 Å². The summed E-state index contributed by atoms with van der Waals surface area (Å²) >= 11 is 6.13. The van der Waals surface area contributed by atoms with Crippen LogP contribution in [0.25, 0.3) is 0 Å². The maximum absolute atomic E-state index is 12.5. The summed E-state index contributed by atoms with van der Waals surface area (Å²) in [5.41, 5.74) is 1.56. The minimum atomic E-state index is -0.432. The normalized spacial score (nSPS) is 11.8. The molecule has 144 valence electrons. The highest BCUT2D eigenvalue weighted by Crippen LogP contribution is 2.29. The molecule has 7 heteroatoms. The summed E-state index contributed by atoms with van der Waals surface area (Å²) in [5.74, 6) is -0.273. The second-order valence-corrected chi connectivity index (χ2v) is 6.81. The van der Waals surface area contributed by atoms with Crippen LogP contribution in [0.4, 0.5) is 0 Å². The maximum Gasteiger partial charge on any atom is 0.254 e. The van der Waals surface area contributed by atoms with E-state index in [0.29, 0.717) is 23.8 Å². The molecule has 0 bridgehead atoms. The average Bonchev–Trinajstić information content (AvgIpc) is 2.66. The van der Waals surface area contributed by atoms with Crippen molar-refractivity contribution in [1.29, 1.82) is 0 Å². The zero-order valence-electron chi connectivity index (χ0n) is 15.1. The molecule has 1 amide bonds. The fraction of sp³-hybridized carbons (Fsp3) is 0.190. The Balaban J connectivity index is 1.67. The fourth-order valence-electron chi connectivity index (χ4n) is 3.03. The quantitative estimate of drug-likeness (QED) is 0.571. The maximum atomic E-state index is 12.5. The first-order valence-corrected chi connectivity index (χ1v) is 9.25. The topological polar surface area (TPSA) is 95.1 Å². The molecule has 0 radical (unpaired) electrons. The van der Waals surface area contributed by atoms with Crippen molar-refractivity contribution in [3.63, 3.8) is 0 Å². The lowest BCUT2D eigenvalue weighted by atomic mass is 9.88. The van der Waals surface area contributed by atoms with Gasteiger partial charge in [-0.15, -0.1) is 0 Å². The highest BCUT2D eigenvalue weighted by atomic mass is 35.5. The van der Waals surface area contributed by atoms with Crippen molar-refractivity contribution in [2.24, 2.45) is 0 Å². The number of carbonyl (C=O) groups excluding carboxylic acids is 1. The second-order valence-electron chi connectivity index (χ2n) is 6.37. The molecular formula is C21H20ClN3O3. The van der Waals surface area contributed by atoms with Gasteiger partial charge in [-0.2, -0.15) is 0 Å². The van der Waals surface area contributed by atoms with Gasteiger partial charge in [-0.3, -0.25) is 9.59 Å².